The molecule has 4 heteroatoms. The van der Waals surface area contributed by atoms with Gasteiger partial charge < -0.3 is 9.47 Å². The van der Waals surface area contributed by atoms with E-state index in [9.17, 15) is 4.79 Å². The molecule has 0 fully saturated rings. The minimum absolute atomic E-state index is 0.0270. The summed E-state index contributed by atoms with van der Waals surface area (Å²) in [5.41, 5.74) is 4.17. The first kappa shape index (κ1) is 16.0. The summed E-state index contributed by atoms with van der Waals surface area (Å²) in [6, 6.07) is 14.3. The van der Waals surface area contributed by atoms with E-state index in [1.165, 1.54) is 10.9 Å². The van der Waals surface area contributed by atoms with Crippen molar-refractivity contribution in [3.05, 3.63) is 71.7 Å². The fraction of sp³-hybridized carbons (Fsp3) is 0.200. The van der Waals surface area contributed by atoms with E-state index < -0.39 is 0 Å². The lowest BCUT2D eigenvalue weighted by Crippen LogP contribution is -2.25. The topological polar surface area (TPSA) is 38.1 Å². The molecule has 3 rings (SSSR count). The smallest absolute Gasteiger partial charge is 0.246 e. The maximum absolute atomic E-state index is 12.3. The molecule has 0 bridgehead atoms. The van der Waals surface area contributed by atoms with E-state index in [4.69, 9.17) is 0 Å². The van der Waals surface area contributed by atoms with Crippen LogP contribution in [-0.4, -0.2) is 27.4 Å². The normalized spacial score (nSPS) is 11.3. The summed E-state index contributed by atoms with van der Waals surface area (Å²) in [5.74, 6) is -0.0270. The number of rotatable bonds is 4. The van der Waals surface area contributed by atoms with E-state index in [0.717, 1.165) is 17.0 Å². The van der Waals surface area contributed by atoms with Crippen molar-refractivity contribution in [1.29, 1.82) is 0 Å². The molecule has 2 aromatic heterocycles. The Morgan fingerprint density at radius 3 is 2.75 bits per heavy atom. The molecule has 0 saturated carbocycles. The Morgan fingerprint density at radius 2 is 2.04 bits per heavy atom. The third kappa shape index (κ3) is 3.38. The molecule has 122 valence electrons. The van der Waals surface area contributed by atoms with Gasteiger partial charge in [0.15, 0.2) is 0 Å². The zero-order valence-electron chi connectivity index (χ0n) is 14.2. The number of aromatic nitrogens is 2. The third-order valence-corrected chi connectivity index (χ3v) is 4.18. The fourth-order valence-electron chi connectivity index (χ4n) is 2.69. The number of para-hydroxylation sites is 1. The van der Waals surface area contributed by atoms with Gasteiger partial charge >= 0.3 is 0 Å². The summed E-state index contributed by atoms with van der Waals surface area (Å²) < 4.78 is 2.13. The van der Waals surface area contributed by atoms with Gasteiger partial charge in [-0.2, -0.15) is 0 Å². The van der Waals surface area contributed by atoms with Crippen LogP contribution in [0.1, 0.15) is 17.0 Å². The number of nitrogens with zero attached hydrogens (tertiary/aromatic N) is 3. The maximum Gasteiger partial charge on any atom is 0.246 e. The quantitative estimate of drug-likeness (QED) is 0.690. The average molecular weight is 319 g/mol. The summed E-state index contributed by atoms with van der Waals surface area (Å²) in [4.78, 5) is 18.3. The SMILES string of the molecule is Cc1ccc(C=CC(=O)N(C)Cc2cc3ccccc3n2C)cn1. The highest BCUT2D eigenvalue weighted by atomic mass is 16.2. The van der Waals surface area contributed by atoms with Gasteiger partial charge in [0, 0.05) is 43.3 Å². The number of fused-ring (bicyclic) bond motifs is 1. The highest BCUT2D eigenvalue weighted by molar-refractivity contribution is 5.91. The molecule has 1 aromatic carbocycles. The lowest BCUT2D eigenvalue weighted by Gasteiger charge is -2.15. The zero-order chi connectivity index (χ0) is 17.1. The minimum Gasteiger partial charge on any atom is -0.346 e. The number of likely N-dealkylation sites (N-methyl/N-ethyl adjacent to an activating group) is 1. The van der Waals surface area contributed by atoms with Crippen LogP contribution in [0.15, 0.2) is 54.7 Å². The van der Waals surface area contributed by atoms with Gasteiger partial charge in [-0.15, -0.1) is 0 Å². The standard InChI is InChI=1S/C20H21N3O/c1-15-8-9-16(13-21-15)10-11-20(24)22(2)14-18-12-17-6-4-5-7-19(17)23(18)3/h4-13H,14H2,1-3H3. The van der Waals surface area contributed by atoms with Gasteiger partial charge in [0.05, 0.1) is 6.54 Å². The maximum atomic E-state index is 12.3. The summed E-state index contributed by atoms with van der Waals surface area (Å²) in [6.07, 6.45) is 5.16. The minimum atomic E-state index is -0.0270. The van der Waals surface area contributed by atoms with E-state index in [-0.39, 0.29) is 5.91 Å². The van der Waals surface area contributed by atoms with Crippen molar-refractivity contribution >= 4 is 22.9 Å². The number of pyridine rings is 1. The molecule has 3 aromatic rings. The fourth-order valence-corrected chi connectivity index (χ4v) is 2.69. The highest BCUT2D eigenvalue weighted by Gasteiger charge is 2.10. The first-order chi connectivity index (χ1) is 11.5. The second-order valence-corrected chi connectivity index (χ2v) is 6.01. The van der Waals surface area contributed by atoms with Gasteiger partial charge in [0.2, 0.25) is 5.91 Å². The van der Waals surface area contributed by atoms with E-state index in [1.807, 2.05) is 45.3 Å². The molecule has 0 aliphatic rings. The van der Waals surface area contributed by atoms with E-state index in [1.54, 1.807) is 23.2 Å². The third-order valence-electron chi connectivity index (χ3n) is 4.18. The Balaban J connectivity index is 1.71. The predicted octanol–water partition coefficient (Wildman–Crippen LogP) is 3.55. The number of carbonyl (C=O) groups is 1. The largest absolute Gasteiger partial charge is 0.346 e. The number of hydrogen-bond donors (Lipinski definition) is 0. The van der Waals surface area contributed by atoms with Crippen molar-refractivity contribution in [1.82, 2.24) is 14.5 Å². The average Bonchev–Trinajstić information content (AvgIpc) is 2.90. The van der Waals surface area contributed by atoms with Crippen molar-refractivity contribution in [2.45, 2.75) is 13.5 Å². The molecule has 0 aliphatic heterocycles. The molecule has 0 spiro atoms. The first-order valence-electron chi connectivity index (χ1n) is 7.94. The van der Waals surface area contributed by atoms with E-state index in [2.05, 4.69) is 27.8 Å². The van der Waals surface area contributed by atoms with Crippen LogP contribution in [0.4, 0.5) is 0 Å². The molecular weight excluding hydrogens is 298 g/mol. The molecule has 0 radical (unpaired) electrons. The molecule has 0 unspecified atom stereocenters. The second-order valence-electron chi connectivity index (χ2n) is 6.01. The van der Waals surface area contributed by atoms with E-state index in [0.29, 0.717) is 6.54 Å². The van der Waals surface area contributed by atoms with E-state index >= 15 is 0 Å². The summed E-state index contributed by atoms with van der Waals surface area (Å²) in [7, 11) is 3.85. The van der Waals surface area contributed by atoms with Crippen molar-refractivity contribution in [2.24, 2.45) is 7.05 Å². The Morgan fingerprint density at radius 1 is 1.25 bits per heavy atom. The van der Waals surface area contributed by atoms with Gasteiger partial charge in [0.25, 0.3) is 0 Å². The van der Waals surface area contributed by atoms with Crippen molar-refractivity contribution in [3.8, 4) is 0 Å². The van der Waals surface area contributed by atoms with Crippen molar-refractivity contribution in [3.63, 3.8) is 0 Å². The molecular formula is C20H21N3O. The number of benzene rings is 1. The van der Waals surface area contributed by atoms with Crippen LogP contribution in [0.3, 0.4) is 0 Å². The number of carbonyl (C=O) groups excluding carboxylic acids is 1. The lowest BCUT2D eigenvalue weighted by molar-refractivity contribution is -0.125. The molecule has 2 heterocycles. The number of amides is 1. The molecule has 1 amide bonds. The van der Waals surface area contributed by atoms with Crippen LogP contribution in [0.5, 0.6) is 0 Å². The zero-order valence-corrected chi connectivity index (χ0v) is 14.2. The van der Waals surface area contributed by atoms with Crippen LogP contribution in [0.2, 0.25) is 0 Å². The van der Waals surface area contributed by atoms with Gasteiger partial charge in [-0.1, -0.05) is 24.3 Å². The Labute approximate surface area is 142 Å². The summed E-state index contributed by atoms with van der Waals surface area (Å²) >= 11 is 0. The monoisotopic (exact) mass is 319 g/mol. The van der Waals surface area contributed by atoms with Crippen LogP contribution >= 0.6 is 0 Å². The molecule has 24 heavy (non-hydrogen) atoms. The van der Waals surface area contributed by atoms with Crippen molar-refractivity contribution in [2.75, 3.05) is 7.05 Å². The predicted molar refractivity (Wildman–Crippen MR) is 97.4 cm³/mol. The Bertz CT molecular complexity index is 891. The van der Waals surface area contributed by atoms with Crippen LogP contribution in [0.25, 0.3) is 17.0 Å². The Hall–Kier alpha value is -2.88. The van der Waals surface area contributed by atoms with Gasteiger partial charge in [0.1, 0.15) is 0 Å². The van der Waals surface area contributed by atoms with Crippen molar-refractivity contribution < 1.29 is 4.79 Å². The van der Waals surface area contributed by atoms with Gasteiger partial charge in [-0.05, 0) is 42.1 Å². The first-order valence-corrected chi connectivity index (χ1v) is 7.94. The van der Waals surface area contributed by atoms with Crippen LogP contribution in [-0.2, 0) is 18.4 Å². The van der Waals surface area contributed by atoms with Gasteiger partial charge in [-0.3, -0.25) is 9.78 Å². The molecule has 0 aliphatic carbocycles. The Kier molecular flexibility index (Phi) is 4.47. The number of hydrogen-bond acceptors (Lipinski definition) is 2. The molecule has 0 N–H and O–H groups in total. The summed E-state index contributed by atoms with van der Waals surface area (Å²) in [6.45, 7) is 2.51. The summed E-state index contributed by atoms with van der Waals surface area (Å²) in [5, 5.41) is 1.19. The van der Waals surface area contributed by atoms with Crippen LogP contribution < -0.4 is 0 Å². The number of aryl methyl sites for hydroxylation is 2. The molecule has 0 saturated heterocycles. The molecule has 4 nitrogen and oxygen atoms in total. The van der Waals surface area contributed by atoms with Gasteiger partial charge in [-0.25, -0.2) is 0 Å². The van der Waals surface area contributed by atoms with Crippen LogP contribution in [0, 0.1) is 6.92 Å². The highest BCUT2D eigenvalue weighted by Crippen LogP contribution is 2.19. The lowest BCUT2D eigenvalue weighted by atomic mass is 10.2. The second kappa shape index (κ2) is 6.71. The molecule has 0 atom stereocenters.